The summed E-state index contributed by atoms with van der Waals surface area (Å²) in [5.74, 6) is -2.00. The van der Waals surface area contributed by atoms with Gasteiger partial charge in [0, 0.05) is 17.3 Å². The first-order valence-corrected chi connectivity index (χ1v) is 7.72. The summed E-state index contributed by atoms with van der Waals surface area (Å²) >= 11 is 0. The average molecular weight is 322 g/mol. The zero-order valence-corrected chi connectivity index (χ0v) is 13.2. The smallest absolute Gasteiger partial charge is 0.308 e. The van der Waals surface area contributed by atoms with E-state index in [4.69, 9.17) is 0 Å². The summed E-state index contributed by atoms with van der Waals surface area (Å²) in [6.45, 7) is 1.59. The number of H-pyrrole nitrogens is 1. The largest absolute Gasteiger partial charge is 0.481 e. The number of carboxylic acid groups (broad SMARTS) is 1. The lowest BCUT2D eigenvalue weighted by atomic mass is 9.94. The number of amides is 1. The van der Waals surface area contributed by atoms with Crippen LogP contribution in [0.1, 0.15) is 28.9 Å². The Balaban J connectivity index is 1.88. The molecule has 0 aliphatic carbocycles. The third-order valence-corrected chi connectivity index (χ3v) is 4.15. The van der Waals surface area contributed by atoms with Crippen LogP contribution in [0.3, 0.4) is 0 Å². The predicted octanol–water partition coefficient (Wildman–Crippen LogP) is 3.36. The summed E-state index contributed by atoms with van der Waals surface area (Å²) in [5.41, 5.74) is 2.12. The fraction of sp³-hybridized carbons (Fsp3) is 0.158. The Morgan fingerprint density at radius 2 is 1.83 bits per heavy atom. The average Bonchev–Trinajstić information content (AvgIpc) is 3.07. The second-order valence-corrected chi connectivity index (χ2v) is 5.77. The molecule has 1 amide bonds. The minimum atomic E-state index is -0.955. The highest BCUT2D eigenvalue weighted by Crippen LogP contribution is 2.23. The van der Waals surface area contributed by atoms with E-state index in [-0.39, 0.29) is 5.91 Å². The number of carbonyl (C=O) groups excluding carboxylic acids is 1. The van der Waals surface area contributed by atoms with Crippen LogP contribution in [0.4, 0.5) is 0 Å². The normalized spacial score (nSPS) is 13.4. The maximum Gasteiger partial charge on any atom is 0.308 e. The Kier molecular flexibility index (Phi) is 4.33. The van der Waals surface area contributed by atoms with Gasteiger partial charge in [0.15, 0.2) is 0 Å². The molecular formula is C19H18N2O3. The molecule has 0 saturated heterocycles. The summed E-state index contributed by atoms with van der Waals surface area (Å²) in [6, 6.07) is 15.8. The highest BCUT2D eigenvalue weighted by molar-refractivity contribution is 5.98. The van der Waals surface area contributed by atoms with Gasteiger partial charge in [-0.3, -0.25) is 9.59 Å². The predicted molar refractivity (Wildman–Crippen MR) is 91.7 cm³/mol. The molecule has 3 aromatic rings. The van der Waals surface area contributed by atoms with Crippen molar-refractivity contribution >= 4 is 22.8 Å². The van der Waals surface area contributed by atoms with Crippen LogP contribution in [0.5, 0.6) is 0 Å². The molecule has 0 unspecified atom stereocenters. The van der Waals surface area contributed by atoms with E-state index in [1.165, 1.54) is 0 Å². The van der Waals surface area contributed by atoms with E-state index in [2.05, 4.69) is 10.3 Å². The van der Waals surface area contributed by atoms with Gasteiger partial charge in [0.05, 0.1) is 12.0 Å². The van der Waals surface area contributed by atoms with Crippen LogP contribution in [0, 0.1) is 5.92 Å². The molecule has 1 aromatic heterocycles. The van der Waals surface area contributed by atoms with Gasteiger partial charge in [-0.25, -0.2) is 0 Å². The minimum absolute atomic E-state index is 0.298. The van der Waals surface area contributed by atoms with Crippen molar-refractivity contribution in [2.24, 2.45) is 5.92 Å². The van der Waals surface area contributed by atoms with Crippen LogP contribution in [-0.2, 0) is 4.79 Å². The lowest BCUT2D eigenvalue weighted by Gasteiger charge is -2.23. The Labute approximate surface area is 139 Å². The second kappa shape index (κ2) is 6.58. The molecule has 0 spiro atoms. The van der Waals surface area contributed by atoms with Crippen LogP contribution in [0.2, 0.25) is 0 Å². The molecule has 122 valence electrons. The summed E-state index contributed by atoms with van der Waals surface area (Å²) in [5, 5.41) is 13.2. The van der Waals surface area contributed by atoms with E-state index in [0.29, 0.717) is 5.56 Å². The Bertz CT molecular complexity index is 870. The summed E-state index contributed by atoms with van der Waals surface area (Å²) < 4.78 is 0. The minimum Gasteiger partial charge on any atom is -0.481 e. The van der Waals surface area contributed by atoms with Gasteiger partial charge in [-0.15, -0.1) is 0 Å². The highest BCUT2D eigenvalue weighted by atomic mass is 16.4. The van der Waals surface area contributed by atoms with Gasteiger partial charge in [-0.05, 0) is 36.1 Å². The molecule has 5 heteroatoms. The van der Waals surface area contributed by atoms with Crippen molar-refractivity contribution in [3.8, 4) is 0 Å². The van der Waals surface area contributed by atoms with Gasteiger partial charge >= 0.3 is 5.97 Å². The maximum atomic E-state index is 12.6. The molecule has 0 aliphatic rings. The summed E-state index contributed by atoms with van der Waals surface area (Å²) in [6.07, 6.45) is 1.81. The molecule has 0 bridgehead atoms. The van der Waals surface area contributed by atoms with Crippen molar-refractivity contribution in [2.75, 3.05) is 0 Å². The number of carbonyl (C=O) groups is 2. The van der Waals surface area contributed by atoms with Gasteiger partial charge in [-0.1, -0.05) is 36.4 Å². The highest BCUT2D eigenvalue weighted by Gasteiger charge is 2.27. The number of hydrogen-bond acceptors (Lipinski definition) is 2. The van der Waals surface area contributed by atoms with E-state index in [1.54, 1.807) is 19.1 Å². The molecule has 2 atom stereocenters. The molecule has 0 saturated carbocycles. The molecule has 1 heterocycles. The number of hydrogen-bond donors (Lipinski definition) is 3. The first-order chi connectivity index (χ1) is 11.6. The molecule has 3 N–H and O–H groups in total. The van der Waals surface area contributed by atoms with Crippen molar-refractivity contribution < 1.29 is 14.7 Å². The fourth-order valence-electron chi connectivity index (χ4n) is 2.71. The SMILES string of the molecule is C[C@@H](C(=O)O)[C@H](NC(=O)c1ccc2cc[nH]c2c1)c1ccccc1. The first-order valence-electron chi connectivity index (χ1n) is 7.72. The molecule has 0 fully saturated rings. The molecule has 0 aliphatic heterocycles. The van der Waals surface area contributed by atoms with Gasteiger partial charge in [0.1, 0.15) is 0 Å². The van der Waals surface area contributed by atoms with Crippen LogP contribution in [0.15, 0.2) is 60.8 Å². The van der Waals surface area contributed by atoms with Gasteiger partial charge in [0.2, 0.25) is 0 Å². The van der Waals surface area contributed by atoms with Crippen molar-refractivity contribution in [3.05, 3.63) is 71.9 Å². The zero-order valence-electron chi connectivity index (χ0n) is 13.2. The van der Waals surface area contributed by atoms with Crippen LogP contribution in [-0.4, -0.2) is 22.0 Å². The number of benzene rings is 2. The number of aromatic amines is 1. The first kappa shape index (κ1) is 15.8. The summed E-state index contributed by atoms with van der Waals surface area (Å²) in [7, 11) is 0. The summed E-state index contributed by atoms with van der Waals surface area (Å²) in [4.78, 5) is 27.1. The van der Waals surface area contributed by atoms with E-state index >= 15 is 0 Å². The number of nitrogens with one attached hydrogen (secondary N) is 2. The van der Waals surface area contributed by atoms with Crippen molar-refractivity contribution in [2.45, 2.75) is 13.0 Å². The Hall–Kier alpha value is -3.08. The third-order valence-electron chi connectivity index (χ3n) is 4.15. The zero-order chi connectivity index (χ0) is 17.1. The van der Waals surface area contributed by atoms with Crippen LogP contribution >= 0.6 is 0 Å². The quantitative estimate of drug-likeness (QED) is 0.673. The number of rotatable bonds is 5. The molecule has 3 rings (SSSR count). The standard InChI is InChI=1S/C19H18N2O3/c1-12(19(23)24)17(14-5-3-2-4-6-14)21-18(22)15-8-7-13-9-10-20-16(13)11-15/h2-12,17,20H,1H3,(H,21,22)(H,23,24)/t12-,17+/m1/s1. The maximum absolute atomic E-state index is 12.6. The number of aromatic nitrogens is 1. The lowest BCUT2D eigenvalue weighted by Crippen LogP contribution is -2.35. The van der Waals surface area contributed by atoms with Crippen molar-refractivity contribution in [1.82, 2.24) is 10.3 Å². The number of fused-ring (bicyclic) bond motifs is 1. The fourth-order valence-corrected chi connectivity index (χ4v) is 2.71. The molecular weight excluding hydrogens is 304 g/mol. The molecule has 0 radical (unpaired) electrons. The second-order valence-electron chi connectivity index (χ2n) is 5.77. The topological polar surface area (TPSA) is 82.2 Å². The van der Waals surface area contributed by atoms with Crippen LogP contribution in [0.25, 0.3) is 10.9 Å². The molecule has 2 aromatic carbocycles. The molecule has 24 heavy (non-hydrogen) atoms. The van der Waals surface area contributed by atoms with Gasteiger partial charge < -0.3 is 15.4 Å². The Morgan fingerprint density at radius 1 is 1.08 bits per heavy atom. The van der Waals surface area contributed by atoms with Crippen molar-refractivity contribution in [1.29, 1.82) is 0 Å². The van der Waals surface area contributed by atoms with Gasteiger partial charge in [0.25, 0.3) is 5.91 Å². The van der Waals surface area contributed by atoms with Crippen LogP contribution < -0.4 is 5.32 Å². The monoisotopic (exact) mass is 322 g/mol. The third kappa shape index (κ3) is 3.15. The number of aliphatic carboxylic acids is 1. The van der Waals surface area contributed by atoms with E-state index in [0.717, 1.165) is 16.5 Å². The number of carboxylic acids is 1. The van der Waals surface area contributed by atoms with E-state index < -0.39 is 17.9 Å². The Morgan fingerprint density at radius 3 is 2.54 bits per heavy atom. The van der Waals surface area contributed by atoms with E-state index in [1.807, 2.05) is 48.7 Å². The van der Waals surface area contributed by atoms with Crippen molar-refractivity contribution in [3.63, 3.8) is 0 Å². The van der Waals surface area contributed by atoms with E-state index in [9.17, 15) is 14.7 Å². The molecule has 5 nitrogen and oxygen atoms in total. The lowest BCUT2D eigenvalue weighted by molar-refractivity contribution is -0.142. The van der Waals surface area contributed by atoms with Gasteiger partial charge in [-0.2, -0.15) is 0 Å².